The third-order valence-electron chi connectivity index (χ3n) is 15.9. The van der Waals surface area contributed by atoms with Crippen molar-refractivity contribution in [1.82, 2.24) is 39.5 Å². The summed E-state index contributed by atoms with van der Waals surface area (Å²) in [6, 6.07) is 16.1. The average Bonchev–Trinajstić information content (AvgIpc) is 3.96. The Morgan fingerprint density at radius 1 is 0.897 bits per heavy atom. The lowest BCUT2D eigenvalue weighted by Crippen LogP contribution is -2.62. The zero-order valence-corrected chi connectivity index (χ0v) is 39.0. The largest absolute Gasteiger partial charge is 0.384 e. The van der Waals surface area contributed by atoms with Crippen LogP contribution in [0.4, 0.5) is 31.8 Å². The number of aliphatic hydroxyl groups is 1. The van der Waals surface area contributed by atoms with Gasteiger partial charge in [-0.1, -0.05) is 26.8 Å². The summed E-state index contributed by atoms with van der Waals surface area (Å²) < 4.78 is 33.3. The first-order valence-corrected chi connectivity index (χ1v) is 24.4. The Labute approximate surface area is 394 Å². The van der Waals surface area contributed by atoms with E-state index in [0.717, 1.165) is 94.8 Å². The SMILES string of the molecule is CC[C@@]1(O)CCc2ccc(-n3c(C(C)C)c(F)c4cnc(Nc5ccc(N6CCN(C7CCN(C8CN(c9cc%10c(cc9F)C(=O)N(C9(C=O)CCC(=O)NC9)C%10)C8)CC7)CC6)cc5)nc43)nc21. The number of rotatable bonds is 11. The summed E-state index contributed by atoms with van der Waals surface area (Å²) in [7, 11) is 0. The van der Waals surface area contributed by atoms with Crippen molar-refractivity contribution in [3.8, 4) is 5.82 Å². The number of aryl methyl sites for hydroxylation is 1. The maximum absolute atomic E-state index is 16.0. The highest BCUT2D eigenvalue weighted by atomic mass is 19.1. The molecule has 3 N–H and O–H groups in total. The molecule has 17 heteroatoms. The minimum atomic E-state index is -1.12. The summed E-state index contributed by atoms with van der Waals surface area (Å²) in [4.78, 5) is 62.8. The molecule has 356 valence electrons. The molecule has 8 heterocycles. The van der Waals surface area contributed by atoms with Gasteiger partial charge in [-0.05, 0) is 98.0 Å². The van der Waals surface area contributed by atoms with E-state index in [0.29, 0.717) is 75.9 Å². The standard InChI is InChI=1S/C51H59F2N11O4/c1-4-51(68)16-11-32-5-10-42(57-46(32)51)64-45(31(2)3)44(53)39-25-54-49(58-47(39)64)56-34-6-8-35(9-7-34)60-19-21-61(22-20-60)36-13-17-59(18-14-36)37-27-62(28-37)41-23-33-26-63(48(67)38(33)24-40(41)52)50(30-65)15-12-43(66)55-29-50/h5-10,23-25,30-31,36-37,68H,4,11-22,26-29H2,1-3H3,(H,55,66)(H,54,56,58)/t50?,51-/m1/s1. The lowest BCUT2D eigenvalue weighted by Gasteiger charge is -2.50. The van der Waals surface area contributed by atoms with Gasteiger partial charge in [-0.15, -0.1) is 0 Å². The maximum Gasteiger partial charge on any atom is 0.255 e. The molecule has 2 atom stereocenters. The summed E-state index contributed by atoms with van der Waals surface area (Å²) >= 11 is 0. The van der Waals surface area contributed by atoms with Crippen LogP contribution in [0.2, 0.25) is 0 Å². The van der Waals surface area contributed by atoms with Crippen molar-refractivity contribution < 1.29 is 28.3 Å². The van der Waals surface area contributed by atoms with Crippen LogP contribution >= 0.6 is 0 Å². The number of fused-ring (bicyclic) bond motifs is 3. The molecule has 2 aromatic carbocycles. The number of hydrogen-bond acceptors (Lipinski definition) is 12. The van der Waals surface area contributed by atoms with E-state index in [2.05, 4.69) is 47.3 Å². The van der Waals surface area contributed by atoms with Gasteiger partial charge in [-0.3, -0.25) is 24.0 Å². The zero-order chi connectivity index (χ0) is 47.1. The van der Waals surface area contributed by atoms with Gasteiger partial charge in [-0.25, -0.2) is 18.7 Å². The van der Waals surface area contributed by atoms with Crippen LogP contribution in [0.3, 0.4) is 0 Å². The van der Waals surface area contributed by atoms with Gasteiger partial charge in [0.05, 0.1) is 22.5 Å². The first-order valence-electron chi connectivity index (χ1n) is 24.4. The highest BCUT2D eigenvalue weighted by molar-refractivity contribution is 6.01. The molecule has 1 aliphatic carbocycles. The monoisotopic (exact) mass is 927 g/mol. The molecule has 0 spiro atoms. The molecular formula is C51H59F2N11O4. The normalized spacial score (nSPS) is 23.9. The number of aldehydes is 1. The molecule has 0 saturated carbocycles. The molecule has 0 radical (unpaired) electrons. The number of amides is 2. The van der Waals surface area contributed by atoms with Gasteiger partial charge in [0.2, 0.25) is 11.9 Å². The second-order valence-corrected chi connectivity index (χ2v) is 20.1. The molecule has 15 nitrogen and oxygen atoms in total. The molecule has 6 aliphatic rings. The lowest BCUT2D eigenvalue weighted by molar-refractivity contribution is -0.128. The Morgan fingerprint density at radius 3 is 2.34 bits per heavy atom. The van der Waals surface area contributed by atoms with E-state index in [4.69, 9.17) is 9.97 Å². The quantitative estimate of drug-likeness (QED) is 0.138. The molecule has 0 bridgehead atoms. The summed E-state index contributed by atoms with van der Waals surface area (Å²) in [5.41, 5.74) is 3.95. The number of carbonyl (C=O) groups excluding carboxylic acids is 3. The van der Waals surface area contributed by atoms with Crippen molar-refractivity contribution in [2.24, 2.45) is 0 Å². The predicted octanol–water partition coefficient (Wildman–Crippen LogP) is 5.78. The minimum absolute atomic E-state index is 0.0707. The number of benzene rings is 2. The van der Waals surface area contributed by atoms with E-state index >= 15 is 8.78 Å². The Morgan fingerprint density at radius 2 is 1.65 bits per heavy atom. The number of aromatic nitrogens is 4. The third-order valence-corrected chi connectivity index (χ3v) is 15.9. The van der Waals surface area contributed by atoms with E-state index in [1.165, 1.54) is 17.2 Å². The van der Waals surface area contributed by atoms with Gasteiger partial charge >= 0.3 is 0 Å². The molecule has 5 aliphatic heterocycles. The number of nitrogens with zero attached hydrogens (tertiary/aromatic N) is 9. The van der Waals surface area contributed by atoms with Gasteiger partial charge in [0.25, 0.3) is 5.91 Å². The molecule has 4 saturated heterocycles. The minimum Gasteiger partial charge on any atom is -0.384 e. The second kappa shape index (κ2) is 17.2. The first-order chi connectivity index (χ1) is 32.8. The van der Waals surface area contributed by atoms with Crippen LogP contribution in [-0.4, -0.2) is 134 Å². The van der Waals surface area contributed by atoms with Crippen LogP contribution in [0.25, 0.3) is 16.9 Å². The molecule has 1 unspecified atom stereocenters. The van der Waals surface area contributed by atoms with Crippen LogP contribution in [0.1, 0.15) is 98.1 Å². The number of carbonyl (C=O) groups is 3. The highest BCUT2D eigenvalue weighted by Crippen LogP contribution is 2.41. The van der Waals surface area contributed by atoms with E-state index in [-0.39, 0.29) is 49.5 Å². The Kier molecular flexibility index (Phi) is 11.2. The van der Waals surface area contributed by atoms with Gasteiger partial charge < -0.3 is 35.2 Å². The number of halogens is 2. The Bertz CT molecular complexity index is 2790. The summed E-state index contributed by atoms with van der Waals surface area (Å²) in [5.74, 6) is -0.569. The van der Waals surface area contributed by atoms with Crippen molar-refractivity contribution in [3.05, 3.63) is 94.4 Å². The number of anilines is 4. The maximum atomic E-state index is 16.0. The van der Waals surface area contributed by atoms with Crippen LogP contribution in [0.5, 0.6) is 0 Å². The summed E-state index contributed by atoms with van der Waals surface area (Å²) in [5, 5.41) is 17.7. The zero-order valence-electron chi connectivity index (χ0n) is 39.0. The number of piperidine rings is 2. The van der Waals surface area contributed by atoms with Crippen molar-refractivity contribution in [2.75, 3.05) is 74.0 Å². The molecule has 3 aromatic heterocycles. The van der Waals surface area contributed by atoms with Crippen LogP contribution in [-0.2, 0) is 28.2 Å². The fourth-order valence-corrected chi connectivity index (χ4v) is 11.7. The number of nitrogens with one attached hydrogen (secondary N) is 2. The molecule has 68 heavy (non-hydrogen) atoms. The highest BCUT2D eigenvalue weighted by Gasteiger charge is 2.47. The fraction of sp³-hybridized carbons (Fsp3) is 0.490. The van der Waals surface area contributed by atoms with E-state index in [9.17, 15) is 19.5 Å². The van der Waals surface area contributed by atoms with E-state index in [1.807, 2.05) is 45.0 Å². The Balaban J connectivity index is 0.673. The van der Waals surface area contributed by atoms with Crippen LogP contribution in [0, 0.1) is 11.6 Å². The molecule has 11 rings (SSSR count). The second-order valence-electron chi connectivity index (χ2n) is 20.1. The van der Waals surface area contributed by atoms with Gasteiger partial charge in [-0.2, -0.15) is 4.98 Å². The number of hydrogen-bond donors (Lipinski definition) is 3. The van der Waals surface area contributed by atoms with Gasteiger partial charge in [0.15, 0.2) is 11.5 Å². The third kappa shape index (κ3) is 7.57. The van der Waals surface area contributed by atoms with Crippen LogP contribution < -0.4 is 20.4 Å². The number of pyridine rings is 1. The Hall–Kier alpha value is -6.04. The van der Waals surface area contributed by atoms with E-state index < -0.39 is 17.0 Å². The van der Waals surface area contributed by atoms with Crippen LogP contribution in [0.15, 0.2) is 54.7 Å². The molecule has 5 aromatic rings. The summed E-state index contributed by atoms with van der Waals surface area (Å²) in [6.45, 7) is 13.4. The number of likely N-dealkylation sites (tertiary alicyclic amines) is 1. The lowest BCUT2D eigenvalue weighted by atomic mass is 9.89. The van der Waals surface area contributed by atoms with Crippen molar-refractivity contribution in [3.63, 3.8) is 0 Å². The van der Waals surface area contributed by atoms with Crippen molar-refractivity contribution in [2.45, 2.75) is 101 Å². The summed E-state index contributed by atoms with van der Waals surface area (Å²) in [6.07, 6.45) is 6.84. The van der Waals surface area contributed by atoms with Gasteiger partial charge in [0.1, 0.15) is 29.1 Å². The van der Waals surface area contributed by atoms with Gasteiger partial charge in [0, 0.05) is 107 Å². The molecule has 2 amide bonds. The first kappa shape index (κ1) is 44.5. The number of piperazine rings is 1. The fourth-order valence-electron chi connectivity index (χ4n) is 11.7. The molecular weight excluding hydrogens is 869 g/mol. The van der Waals surface area contributed by atoms with Crippen molar-refractivity contribution in [1.29, 1.82) is 0 Å². The smallest absolute Gasteiger partial charge is 0.255 e. The molecule has 4 fully saturated rings. The van der Waals surface area contributed by atoms with E-state index in [1.54, 1.807) is 10.6 Å². The predicted molar refractivity (Wildman–Crippen MR) is 255 cm³/mol. The topological polar surface area (TPSA) is 155 Å². The van der Waals surface area contributed by atoms with Crippen molar-refractivity contribution >= 4 is 52.1 Å². The average molecular weight is 928 g/mol.